The third-order valence-corrected chi connectivity index (χ3v) is 8.53. The molecule has 3 aliphatic heterocycles. The second-order valence-electron chi connectivity index (χ2n) is 11.6. The van der Waals surface area contributed by atoms with E-state index in [0.29, 0.717) is 22.7 Å². The zero-order valence-corrected chi connectivity index (χ0v) is 23.2. The van der Waals surface area contributed by atoms with E-state index in [1.807, 2.05) is 86.5 Å². The van der Waals surface area contributed by atoms with Crippen molar-refractivity contribution in [2.24, 2.45) is 11.3 Å². The van der Waals surface area contributed by atoms with E-state index >= 15 is 0 Å². The van der Waals surface area contributed by atoms with E-state index in [4.69, 9.17) is 9.47 Å². The molecule has 3 heterocycles. The van der Waals surface area contributed by atoms with Crippen molar-refractivity contribution in [2.45, 2.75) is 38.3 Å². The van der Waals surface area contributed by atoms with Crippen LogP contribution in [0.1, 0.15) is 53.9 Å². The highest BCUT2D eigenvalue weighted by Crippen LogP contribution is 2.62. The maximum absolute atomic E-state index is 15.0. The number of carbonyl (C=O) groups is 3. The van der Waals surface area contributed by atoms with Crippen LogP contribution in [0.25, 0.3) is 6.08 Å². The van der Waals surface area contributed by atoms with Crippen LogP contribution in [-0.2, 0) is 15.0 Å². The molecule has 1 fully saturated rings. The second-order valence-corrected chi connectivity index (χ2v) is 11.6. The number of para-hydroxylation sites is 1. The Morgan fingerprint density at radius 3 is 2.40 bits per heavy atom. The van der Waals surface area contributed by atoms with Gasteiger partial charge in [-0.2, -0.15) is 0 Å². The van der Waals surface area contributed by atoms with Crippen LogP contribution in [0.4, 0.5) is 5.69 Å². The number of ketones is 2. The summed E-state index contributed by atoms with van der Waals surface area (Å²) in [5.41, 5.74) is 1.33. The van der Waals surface area contributed by atoms with Gasteiger partial charge >= 0.3 is 0 Å². The van der Waals surface area contributed by atoms with Gasteiger partial charge in [0.05, 0.1) is 37.8 Å². The molecule has 0 aromatic heterocycles. The molecule has 3 aromatic carbocycles. The van der Waals surface area contributed by atoms with E-state index in [1.165, 1.54) is 14.2 Å². The summed E-state index contributed by atoms with van der Waals surface area (Å²) in [7, 11) is 3.03. The average molecular weight is 537 g/mol. The number of carbonyl (C=O) groups excluding carboxylic acids is 3. The monoisotopic (exact) mass is 536 g/mol. The summed E-state index contributed by atoms with van der Waals surface area (Å²) < 4.78 is 11.1. The number of anilines is 1. The first-order valence-corrected chi connectivity index (χ1v) is 13.4. The van der Waals surface area contributed by atoms with E-state index in [2.05, 4.69) is 5.32 Å². The van der Waals surface area contributed by atoms with Crippen molar-refractivity contribution in [1.82, 2.24) is 4.90 Å². The van der Waals surface area contributed by atoms with Crippen molar-refractivity contribution in [1.29, 1.82) is 0 Å². The Bertz CT molecular complexity index is 1590. The van der Waals surface area contributed by atoms with Gasteiger partial charge < -0.3 is 19.7 Å². The fourth-order valence-corrected chi connectivity index (χ4v) is 6.79. The van der Waals surface area contributed by atoms with Gasteiger partial charge in [0.1, 0.15) is 16.9 Å². The molecule has 3 aliphatic rings. The van der Waals surface area contributed by atoms with Crippen LogP contribution in [0.15, 0.2) is 72.9 Å². The molecule has 3 aromatic rings. The van der Waals surface area contributed by atoms with Gasteiger partial charge in [-0.05, 0) is 47.0 Å². The van der Waals surface area contributed by atoms with Gasteiger partial charge in [-0.25, -0.2) is 0 Å². The molecule has 1 saturated heterocycles. The number of benzene rings is 3. The molecule has 0 unspecified atom stereocenters. The lowest BCUT2D eigenvalue weighted by atomic mass is 9.62. The zero-order chi connectivity index (χ0) is 28.4. The topological polar surface area (TPSA) is 84.9 Å². The van der Waals surface area contributed by atoms with E-state index in [-0.39, 0.29) is 23.0 Å². The minimum atomic E-state index is -1.38. The largest absolute Gasteiger partial charge is 0.497 e. The van der Waals surface area contributed by atoms with Gasteiger partial charge in [-0.1, -0.05) is 63.2 Å². The number of ether oxygens (including phenoxy) is 2. The summed E-state index contributed by atoms with van der Waals surface area (Å²) in [4.78, 5) is 45.8. The fourth-order valence-electron chi connectivity index (χ4n) is 6.79. The van der Waals surface area contributed by atoms with Gasteiger partial charge in [-0.15, -0.1) is 0 Å². The molecule has 0 aliphatic carbocycles. The second kappa shape index (κ2) is 9.08. The van der Waals surface area contributed by atoms with Crippen molar-refractivity contribution < 1.29 is 23.9 Å². The predicted octanol–water partition coefficient (Wildman–Crippen LogP) is 5.42. The number of hydrogen-bond donors (Lipinski definition) is 1. The summed E-state index contributed by atoms with van der Waals surface area (Å²) in [6.45, 7) is 5.56. The molecule has 6 rings (SSSR count). The Labute approximate surface area is 233 Å². The molecule has 1 N–H and O–H groups in total. The van der Waals surface area contributed by atoms with E-state index < -0.39 is 28.8 Å². The van der Waals surface area contributed by atoms with Crippen LogP contribution < -0.4 is 14.8 Å². The molecule has 7 nitrogen and oxygen atoms in total. The lowest BCUT2D eigenvalue weighted by molar-refractivity contribution is -0.131. The van der Waals surface area contributed by atoms with Crippen molar-refractivity contribution in [3.05, 3.63) is 95.2 Å². The van der Waals surface area contributed by atoms with Gasteiger partial charge in [0.25, 0.3) is 0 Å². The average Bonchev–Trinajstić information content (AvgIpc) is 3.43. The predicted molar refractivity (Wildman–Crippen MR) is 152 cm³/mol. The molecule has 0 radical (unpaired) electrons. The van der Waals surface area contributed by atoms with Crippen molar-refractivity contribution in [3.63, 3.8) is 0 Å². The molecule has 1 amide bonds. The standard InChI is InChI=1S/C33H32N2O5/c1-32(2,3)30(37)27-26(28(36)22-18-20(39-4)14-15-25(22)40-5)33(23-12-8-9-13-24(23)34-31(33)38)29-21-11-7-6-10-19(21)16-17-35(27)29/h6-18,26-27,29H,1-5H3,(H,34,38)/t26-,27+,29-,33+/m0/s1. The third kappa shape index (κ3) is 3.46. The quantitative estimate of drug-likeness (QED) is 0.439. The zero-order valence-electron chi connectivity index (χ0n) is 23.2. The lowest BCUT2D eigenvalue weighted by Gasteiger charge is -2.38. The van der Waals surface area contributed by atoms with Crippen molar-refractivity contribution >= 4 is 29.2 Å². The Balaban J connectivity index is 1.70. The Morgan fingerprint density at radius 2 is 1.68 bits per heavy atom. The molecule has 7 heteroatoms. The van der Waals surface area contributed by atoms with Crippen LogP contribution in [0, 0.1) is 11.3 Å². The van der Waals surface area contributed by atoms with Crippen LogP contribution >= 0.6 is 0 Å². The first-order chi connectivity index (χ1) is 19.1. The summed E-state index contributed by atoms with van der Waals surface area (Å²) in [6, 6.07) is 18.9. The number of methoxy groups -OCH3 is 2. The minimum Gasteiger partial charge on any atom is -0.497 e. The number of rotatable bonds is 5. The highest BCUT2D eigenvalue weighted by Gasteiger charge is 2.71. The molecule has 40 heavy (non-hydrogen) atoms. The highest BCUT2D eigenvalue weighted by molar-refractivity contribution is 6.16. The Hall–Kier alpha value is -4.39. The summed E-state index contributed by atoms with van der Waals surface area (Å²) in [6.07, 6.45) is 3.84. The molecule has 4 atom stereocenters. The van der Waals surface area contributed by atoms with Gasteiger partial charge in [0.2, 0.25) is 5.91 Å². The van der Waals surface area contributed by atoms with Crippen molar-refractivity contribution in [3.8, 4) is 11.5 Å². The summed E-state index contributed by atoms with van der Waals surface area (Å²) in [5, 5.41) is 3.07. The number of hydrogen-bond acceptors (Lipinski definition) is 6. The molecule has 0 bridgehead atoms. The number of Topliss-reactive ketones (excluding diaryl/α,β-unsaturated/α-hetero) is 2. The summed E-state index contributed by atoms with van der Waals surface area (Å²) >= 11 is 0. The van der Waals surface area contributed by atoms with Crippen LogP contribution in [0.3, 0.4) is 0 Å². The maximum atomic E-state index is 15.0. The first-order valence-electron chi connectivity index (χ1n) is 13.4. The van der Waals surface area contributed by atoms with E-state index in [9.17, 15) is 14.4 Å². The minimum absolute atomic E-state index is 0.115. The van der Waals surface area contributed by atoms with Gasteiger partial charge in [0.15, 0.2) is 11.6 Å². The fraction of sp³-hybridized carbons (Fsp3) is 0.303. The number of fused-ring (bicyclic) bond motifs is 6. The molecule has 0 saturated carbocycles. The number of amides is 1. The Morgan fingerprint density at radius 1 is 0.950 bits per heavy atom. The van der Waals surface area contributed by atoms with E-state index in [1.54, 1.807) is 18.2 Å². The summed E-state index contributed by atoms with van der Waals surface area (Å²) in [5.74, 6) is -0.964. The molecular formula is C33H32N2O5. The molecule has 1 spiro atoms. The van der Waals surface area contributed by atoms with E-state index in [0.717, 1.165) is 11.1 Å². The van der Waals surface area contributed by atoms with Crippen LogP contribution in [0.5, 0.6) is 11.5 Å². The molecular weight excluding hydrogens is 504 g/mol. The highest BCUT2D eigenvalue weighted by atomic mass is 16.5. The lowest BCUT2D eigenvalue weighted by Crippen LogP contribution is -2.50. The smallest absolute Gasteiger partial charge is 0.238 e. The molecule has 204 valence electrons. The van der Waals surface area contributed by atoms with Crippen LogP contribution in [-0.4, -0.2) is 42.6 Å². The normalized spacial score (nSPS) is 24.3. The van der Waals surface area contributed by atoms with Crippen molar-refractivity contribution in [2.75, 3.05) is 19.5 Å². The van der Waals surface area contributed by atoms with Gasteiger partial charge in [-0.3, -0.25) is 14.4 Å². The SMILES string of the molecule is COc1ccc(OC)c(C(=O)[C@@H]2[C@H](C(=O)C(C)(C)C)N3C=Cc4ccccc4[C@H]3[C@]23C(=O)Nc2ccccc23)c1. The maximum Gasteiger partial charge on any atom is 0.238 e. The third-order valence-electron chi connectivity index (χ3n) is 8.53. The number of nitrogens with one attached hydrogen (secondary N) is 1. The first kappa shape index (κ1) is 25.9. The number of nitrogens with zero attached hydrogens (tertiary/aromatic N) is 1. The van der Waals surface area contributed by atoms with Gasteiger partial charge in [0, 0.05) is 17.3 Å². The van der Waals surface area contributed by atoms with Crippen LogP contribution in [0.2, 0.25) is 0 Å². The Kier molecular flexibility index (Phi) is 5.87.